The molecule has 4 nitrogen and oxygen atoms in total. The van der Waals surface area contributed by atoms with E-state index in [0.29, 0.717) is 17.1 Å². The molecular formula is C18H25ClN2O2. The number of nitrogens with zero attached hydrogens (tertiary/aromatic N) is 1. The number of amides is 1. The van der Waals surface area contributed by atoms with Crippen LogP contribution in [0, 0.1) is 0 Å². The number of carbonyl (C=O) groups excluding carboxylic acids is 1. The summed E-state index contributed by atoms with van der Waals surface area (Å²) in [5, 5.41) is 3.75. The van der Waals surface area contributed by atoms with Crippen LogP contribution in [0.1, 0.15) is 42.5 Å². The monoisotopic (exact) mass is 336 g/mol. The third kappa shape index (κ3) is 4.06. The second kappa shape index (κ2) is 7.65. The lowest BCUT2D eigenvalue weighted by atomic mass is 9.79. The molecule has 5 heteroatoms. The Hall–Kier alpha value is -1.10. The highest BCUT2D eigenvalue weighted by atomic mass is 35.5. The van der Waals surface area contributed by atoms with Crippen molar-refractivity contribution >= 4 is 17.5 Å². The molecule has 0 aromatic heterocycles. The van der Waals surface area contributed by atoms with Gasteiger partial charge in [0.05, 0.1) is 13.2 Å². The first-order valence-electron chi connectivity index (χ1n) is 8.56. The number of hydrogen-bond donors (Lipinski definition) is 1. The van der Waals surface area contributed by atoms with Gasteiger partial charge in [0, 0.05) is 35.8 Å². The number of nitrogens with one attached hydrogen (secondary N) is 1. The molecule has 2 aliphatic rings. The molecule has 2 fully saturated rings. The number of hydrogen-bond acceptors (Lipinski definition) is 3. The van der Waals surface area contributed by atoms with Gasteiger partial charge in [-0.1, -0.05) is 36.9 Å². The Morgan fingerprint density at radius 2 is 1.96 bits per heavy atom. The number of ether oxygens (including phenoxy) is 1. The van der Waals surface area contributed by atoms with Crippen LogP contribution in [0.5, 0.6) is 0 Å². The first-order valence-corrected chi connectivity index (χ1v) is 8.94. The topological polar surface area (TPSA) is 41.6 Å². The molecule has 1 aromatic rings. The lowest BCUT2D eigenvalue weighted by Gasteiger charge is -2.48. The summed E-state index contributed by atoms with van der Waals surface area (Å²) in [5.41, 5.74) is 0.724. The average Bonchev–Trinajstić information content (AvgIpc) is 2.61. The zero-order chi connectivity index (χ0) is 16.1. The van der Waals surface area contributed by atoms with Crippen molar-refractivity contribution in [3.63, 3.8) is 0 Å². The zero-order valence-corrected chi connectivity index (χ0v) is 14.3. The van der Waals surface area contributed by atoms with Crippen LogP contribution in [0.15, 0.2) is 24.3 Å². The van der Waals surface area contributed by atoms with E-state index in [-0.39, 0.29) is 11.4 Å². The summed E-state index contributed by atoms with van der Waals surface area (Å²) in [6.07, 6.45) is 6.09. The lowest BCUT2D eigenvalue weighted by molar-refractivity contribution is -0.0361. The zero-order valence-electron chi connectivity index (χ0n) is 13.5. The summed E-state index contributed by atoms with van der Waals surface area (Å²) in [6, 6.07) is 7.13. The smallest absolute Gasteiger partial charge is 0.251 e. The van der Waals surface area contributed by atoms with Crippen molar-refractivity contribution in [2.75, 3.05) is 32.8 Å². The highest BCUT2D eigenvalue weighted by Crippen LogP contribution is 2.34. The molecule has 0 spiro atoms. The van der Waals surface area contributed by atoms with Crippen molar-refractivity contribution in [3.8, 4) is 0 Å². The van der Waals surface area contributed by atoms with E-state index < -0.39 is 0 Å². The standard InChI is InChI=1S/C18H25ClN2O2/c19-16-6-4-5-15(13-16)17(22)20-14-18(7-2-1-3-8-18)21-9-11-23-12-10-21/h4-6,13H,1-3,7-12,14H2,(H,20,22). The van der Waals surface area contributed by atoms with Crippen LogP contribution in [0.25, 0.3) is 0 Å². The van der Waals surface area contributed by atoms with E-state index in [4.69, 9.17) is 16.3 Å². The summed E-state index contributed by atoms with van der Waals surface area (Å²) in [5.74, 6) is -0.0364. The van der Waals surface area contributed by atoms with Gasteiger partial charge in [0.15, 0.2) is 0 Å². The summed E-state index contributed by atoms with van der Waals surface area (Å²) < 4.78 is 5.50. The van der Waals surface area contributed by atoms with Crippen LogP contribution in [0.2, 0.25) is 5.02 Å². The molecule has 1 aromatic carbocycles. The van der Waals surface area contributed by atoms with E-state index in [1.165, 1.54) is 19.3 Å². The van der Waals surface area contributed by atoms with Crippen molar-refractivity contribution in [1.82, 2.24) is 10.2 Å². The Morgan fingerprint density at radius 3 is 2.65 bits per heavy atom. The largest absolute Gasteiger partial charge is 0.379 e. The van der Waals surface area contributed by atoms with Gasteiger partial charge < -0.3 is 10.1 Å². The normalized spacial score (nSPS) is 21.8. The quantitative estimate of drug-likeness (QED) is 0.918. The molecule has 1 saturated heterocycles. The van der Waals surface area contributed by atoms with Gasteiger partial charge in [-0.25, -0.2) is 0 Å². The molecule has 1 aliphatic heterocycles. The SMILES string of the molecule is O=C(NCC1(N2CCOCC2)CCCCC1)c1cccc(Cl)c1. The predicted molar refractivity (Wildman–Crippen MR) is 92.0 cm³/mol. The van der Waals surface area contributed by atoms with Crippen molar-refractivity contribution < 1.29 is 9.53 Å². The molecule has 1 heterocycles. The Morgan fingerprint density at radius 1 is 1.22 bits per heavy atom. The molecule has 1 amide bonds. The van der Waals surface area contributed by atoms with E-state index in [1.807, 2.05) is 12.1 Å². The molecule has 126 valence electrons. The van der Waals surface area contributed by atoms with Crippen LogP contribution in [-0.4, -0.2) is 49.2 Å². The number of benzene rings is 1. The van der Waals surface area contributed by atoms with Gasteiger partial charge in [-0.2, -0.15) is 0 Å². The minimum atomic E-state index is -0.0364. The molecule has 0 radical (unpaired) electrons. The molecular weight excluding hydrogens is 312 g/mol. The molecule has 23 heavy (non-hydrogen) atoms. The fraction of sp³-hybridized carbons (Fsp3) is 0.611. The van der Waals surface area contributed by atoms with Gasteiger partial charge >= 0.3 is 0 Å². The van der Waals surface area contributed by atoms with Gasteiger partial charge in [0.2, 0.25) is 0 Å². The number of rotatable bonds is 4. The Kier molecular flexibility index (Phi) is 5.57. The summed E-state index contributed by atoms with van der Waals surface area (Å²) in [4.78, 5) is 15.0. The molecule has 1 aliphatic carbocycles. The first-order chi connectivity index (χ1) is 11.2. The molecule has 1 saturated carbocycles. The Labute approximate surface area is 143 Å². The van der Waals surface area contributed by atoms with Crippen molar-refractivity contribution in [3.05, 3.63) is 34.9 Å². The maximum absolute atomic E-state index is 12.5. The minimum Gasteiger partial charge on any atom is -0.379 e. The number of halogens is 1. The summed E-state index contributed by atoms with van der Waals surface area (Å²) >= 11 is 5.98. The van der Waals surface area contributed by atoms with E-state index in [2.05, 4.69) is 10.2 Å². The lowest BCUT2D eigenvalue weighted by Crippen LogP contribution is -2.59. The molecule has 0 atom stereocenters. The maximum atomic E-state index is 12.5. The second-order valence-corrected chi connectivity index (χ2v) is 7.01. The molecule has 1 N–H and O–H groups in total. The van der Waals surface area contributed by atoms with Crippen molar-refractivity contribution in [2.24, 2.45) is 0 Å². The van der Waals surface area contributed by atoms with E-state index in [0.717, 1.165) is 39.1 Å². The Balaban J connectivity index is 1.67. The predicted octanol–water partition coefficient (Wildman–Crippen LogP) is 3.10. The third-order valence-electron chi connectivity index (χ3n) is 5.13. The van der Waals surface area contributed by atoms with Crippen molar-refractivity contribution in [2.45, 2.75) is 37.6 Å². The van der Waals surface area contributed by atoms with Crippen LogP contribution >= 0.6 is 11.6 Å². The number of carbonyl (C=O) groups is 1. The highest BCUT2D eigenvalue weighted by Gasteiger charge is 2.38. The fourth-order valence-corrected chi connectivity index (χ4v) is 4.02. The van der Waals surface area contributed by atoms with Crippen LogP contribution in [0.3, 0.4) is 0 Å². The van der Waals surface area contributed by atoms with E-state index in [9.17, 15) is 4.79 Å². The van der Waals surface area contributed by atoms with Gasteiger partial charge in [-0.3, -0.25) is 9.69 Å². The maximum Gasteiger partial charge on any atom is 0.251 e. The summed E-state index contributed by atoms with van der Waals surface area (Å²) in [6.45, 7) is 4.23. The van der Waals surface area contributed by atoms with Gasteiger partial charge in [-0.05, 0) is 31.0 Å². The van der Waals surface area contributed by atoms with Gasteiger partial charge in [-0.15, -0.1) is 0 Å². The van der Waals surface area contributed by atoms with E-state index >= 15 is 0 Å². The van der Waals surface area contributed by atoms with Crippen LogP contribution < -0.4 is 5.32 Å². The van der Waals surface area contributed by atoms with Crippen LogP contribution in [0.4, 0.5) is 0 Å². The molecule has 0 unspecified atom stereocenters. The molecule has 0 bridgehead atoms. The average molecular weight is 337 g/mol. The van der Waals surface area contributed by atoms with Crippen molar-refractivity contribution in [1.29, 1.82) is 0 Å². The van der Waals surface area contributed by atoms with Gasteiger partial charge in [0.1, 0.15) is 0 Å². The number of morpholine rings is 1. The van der Waals surface area contributed by atoms with Gasteiger partial charge in [0.25, 0.3) is 5.91 Å². The highest BCUT2D eigenvalue weighted by molar-refractivity contribution is 6.30. The second-order valence-electron chi connectivity index (χ2n) is 6.58. The third-order valence-corrected chi connectivity index (χ3v) is 5.37. The van der Waals surface area contributed by atoms with E-state index in [1.54, 1.807) is 12.1 Å². The first kappa shape index (κ1) is 16.7. The molecule has 3 rings (SSSR count). The summed E-state index contributed by atoms with van der Waals surface area (Å²) in [7, 11) is 0. The fourth-order valence-electron chi connectivity index (χ4n) is 3.83. The minimum absolute atomic E-state index is 0.0364. The Bertz CT molecular complexity index is 538. The van der Waals surface area contributed by atoms with Crippen LogP contribution in [-0.2, 0) is 4.74 Å².